The Morgan fingerprint density at radius 3 is 2.94 bits per heavy atom. The number of fused-ring (bicyclic) bond motifs is 1. The summed E-state index contributed by atoms with van der Waals surface area (Å²) >= 11 is 0. The Balaban J connectivity index is 2.00. The van der Waals surface area contributed by atoms with Crippen LogP contribution >= 0.6 is 0 Å². The van der Waals surface area contributed by atoms with E-state index < -0.39 is 10.0 Å². The van der Waals surface area contributed by atoms with Crippen molar-refractivity contribution in [1.29, 1.82) is 0 Å². The van der Waals surface area contributed by atoms with Gasteiger partial charge in [0, 0.05) is 25.4 Å². The second-order valence-corrected chi connectivity index (χ2v) is 5.84. The van der Waals surface area contributed by atoms with Gasteiger partial charge in [-0.05, 0) is 19.1 Å². The van der Waals surface area contributed by atoms with Gasteiger partial charge < -0.3 is 4.40 Å². The predicted octanol–water partition coefficient (Wildman–Crippen LogP) is 0.816. The van der Waals surface area contributed by atoms with Crippen molar-refractivity contribution in [2.45, 2.75) is 13.3 Å². The summed E-state index contributed by atoms with van der Waals surface area (Å²) in [7, 11) is -3.10. The average Bonchev–Trinajstić information content (AvgIpc) is 2.71. The number of pyridine rings is 1. The Bertz CT molecular complexity index is 571. The molecule has 2 aromatic rings. The van der Waals surface area contributed by atoms with Crippen molar-refractivity contribution in [3.05, 3.63) is 36.3 Å². The second kappa shape index (κ2) is 4.85. The van der Waals surface area contributed by atoms with E-state index in [4.69, 9.17) is 0 Å². The molecule has 92 valence electrons. The summed E-state index contributed by atoms with van der Waals surface area (Å²) in [5.41, 5.74) is 1.76. The lowest BCUT2D eigenvalue weighted by Crippen LogP contribution is -2.27. The Kier molecular flexibility index (Phi) is 3.44. The van der Waals surface area contributed by atoms with E-state index in [1.54, 1.807) is 6.92 Å². The topological polar surface area (TPSA) is 63.5 Å². The zero-order chi connectivity index (χ0) is 12.3. The van der Waals surface area contributed by atoms with Gasteiger partial charge in [0.1, 0.15) is 5.65 Å². The highest BCUT2D eigenvalue weighted by Crippen LogP contribution is 2.04. The van der Waals surface area contributed by atoms with Crippen molar-refractivity contribution in [3.63, 3.8) is 0 Å². The molecule has 2 aromatic heterocycles. The van der Waals surface area contributed by atoms with E-state index >= 15 is 0 Å². The van der Waals surface area contributed by atoms with Gasteiger partial charge in [-0.15, -0.1) is 0 Å². The molecule has 0 saturated carbocycles. The van der Waals surface area contributed by atoms with Crippen LogP contribution in [0, 0.1) is 0 Å². The van der Waals surface area contributed by atoms with Gasteiger partial charge in [-0.3, -0.25) is 0 Å². The van der Waals surface area contributed by atoms with E-state index in [1.165, 1.54) is 0 Å². The Morgan fingerprint density at radius 2 is 2.24 bits per heavy atom. The first kappa shape index (κ1) is 12.1. The second-order valence-electron chi connectivity index (χ2n) is 3.75. The molecule has 2 rings (SSSR count). The molecule has 0 aliphatic rings. The normalized spacial score (nSPS) is 12.1. The van der Waals surface area contributed by atoms with E-state index in [-0.39, 0.29) is 5.75 Å². The summed E-state index contributed by atoms with van der Waals surface area (Å²) in [4.78, 5) is 4.39. The molecule has 2 heterocycles. The van der Waals surface area contributed by atoms with Crippen LogP contribution in [0.15, 0.2) is 30.6 Å². The van der Waals surface area contributed by atoms with E-state index in [0.29, 0.717) is 13.0 Å². The molecule has 0 radical (unpaired) electrons. The average molecular weight is 253 g/mol. The zero-order valence-corrected chi connectivity index (χ0v) is 10.4. The van der Waals surface area contributed by atoms with Gasteiger partial charge in [-0.25, -0.2) is 18.1 Å². The van der Waals surface area contributed by atoms with Crippen LogP contribution in [0.25, 0.3) is 5.65 Å². The highest BCUT2D eigenvalue weighted by atomic mass is 32.2. The number of imidazole rings is 1. The van der Waals surface area contributed by atoms with Crippen molar-refractivity contribution in [2.24, 2.45) is 0 Å². The molecule has 17 heavy (non-hydrogen) atoms. The van der Waals surface area contributed by atoms with Crippen molar-refractivity contribution in [1.82, 2.24) is 14.1 Å². The summed E-state index contributed by atoms with van der Waals surface area (Å²) in [6.07, 6.45) is 4.43. The summed E-state index contributed by atoms with van der Waals surface area (Å²) in [5, 5.41) is 0. The highest BCUT2D eigenvalue weighted by molar-refractivity contribution is 7.89. The predicted molar refractivity (Wildman–Crippen MR) is 66.4 cm³/mol. The monoisotopic (exact) mass is 253 g/mol. The fourth-order valence-electron chi connectivity index (χ4n) is 1.54. The molecule has 0 spiro atoms. The standard InChI is InChI=1S/C11H15N3O2S/c1-2-17(15,16)12-7-6-10-9-14-8-4-3-5-11(14)13-10/h3-5,8-9,12H,2,6-7H2,1H3. The third-order valence-electron chi connectivity index (χ3n) is 2.50. The van der Waals surface area contributed by atoms with E-state index in [1.807, 2.05) is 35.0 Å². The van der Waals surface area contributed by atoms with Gasteiger partial charge in [0.15, 0.2) is 0 Å². The SMILES string of the molecule is CCS(=O)(=O)NCCc1cn2ccccc2n1. The summed E-state index contributed by atoms with van der Waals surface area (Å²) in [6, 6.07) is 5.77. The first-order chi connectivity index (χ1) is 8.11. The van der Waals surface area contributed by atoms with Gasteiger partial charge >= 0.3 is 0 Å². The Hall–Kier alpha value is -1.40. The van der Waals surface area contributed by atoms with Gasteiger partial charge in [0.05, 0.1) is 11.4 Å². The third-order valence-corrected chi connectivity index (χ3v) is 3.90. The molecule has 0 aliphatic carbocycles. The fourth-order valence-corrected chi connectivity index (χ4v) is 2.16. The van der Waals surface area contributed by atoms with Crippen LogP contribution in [0.3, 0.4) is 0 Å². The molecule has 0 aromatic carbocycles. The van der Waals surface area contributed by atoms with E-state index in [0.717, 1.165) is 11.3 Å². The van der Waals surface area contributed by atoms with Gasteiger partial charge in [-0.1, -0.05) is 6.07 Å². The number of sulfonamides is 1. The maximum Gasteiger partial charge on any atom is 0.211 e. The quantitative estimate of drug-likeness (QED) is 0.858. The number of nitrogens with zero attached hydrogens (tertiary/aromatic N) is 2. The highest BCUT2D eigenvalue weighted by Gasteiger charge is 2.06. The van der Waals surface area contributed by atoms with Crippen molar-refractivity contribution >= 4 is 15.7 Å². The first-order valence-corrected chi connectivity index (χ1v) is 7.16. The molecule has 0 unspecified atom stereocenters. The molecule has 1 N–H and O–H groups in total. The lowest BCUT2D eigenvalue weighted by molar-refractivity contribution is 0.582. The maximum atomic E-state index is 11.2. The van der Waals surface area contributed by atoms with Crippen molar-refractivity contribution in [2.75, 3.05) is 12.3 Å². The molecular weight excluding hydrogens is 238 g/mol. The lowest BCUT2D eigenvalue weighted by Gasteiger charge is -2.01. The lowest BCUT2D eigenvalue weighted by atomic mass is 10.3. The molecule has 6 heteroatoms. The van der Waals surface area contributed by atoms with Crippen LogP contribution in [0.1, 0.15) is 12.6 Å². The van der Waals surface area contributed by atoms with E-state index in [2.05, 4.69) is 9.71 Å². The first-order valence-electron chi connectivity index (χ1n) is 5.50. The molecule has 0 amide bonds. The minimum absolute atomic E-state index is 0.109. The minimum atomic E-state index is -3.10. The molecular formula is C11H15N3O2S. The van der Waals surface area contributed by atoms with Crippen LogP contribution in [-0.2, 0) is 16.4 Å². The van der Waals surface area contributed by atoms with Gasteiger partial charge in [0.25, 0.3) is 0 Å². The third kappa shape index (κ3) is 3.04. The van der Waals surface area contributed by atoms with Crippen LogP contribution in [0.2, 0.25) is 0 Å². The molecule has 0 fully saturated rings. The summed E-state index contributed by atoms with van der Waals surface area (Å²) in [5.74, 6) is 0.109. The van der Waals surface area contributed by atoms with Crippen molar-refractivity contribution < 1.29 is 8.42 Å². The van der Waals surface area contributed by atoms with Crippen LogP contribution < -0.4 is 4.72 Å². The molecule has 0 atom stereocenters. The number of aromatic nitrogens is 2. The largest absolute Gasteiger partial charge is 0.307 e. The molecule has 0 aliphatic heterocycles. The van der Waals surface area contributed by atoms with Crippen LogP contribution in [0.4, 0.5) is 0 Å². The number of hydrogen-bond acceptors (Lipinski definition) is 3. The van der Waals surface area contributed by atoms with Crippen molar-refractivity contribution in [3.8, 4) is 0 Å². The molecule has 0 saturated heterocycles. The van der Waals surface area contributed by atoms with Crippen LogP contribution in [0.5, 0.6) is 0 Å². The smallest absolute Gasteiger partial charge is 0.211 e. The maximum absolute atomic E-state index is 11.2. The summed E-state index contributed by atoms with van der Waals surface area (Å²) < 4.78 is 26.9. The fraction of sp³-hybridized carbons (Fsp3) is 0.364. The number of rotatable bonds is 5. The Labute approximate surface area is 101 Å². The minimum Gasteiger partial charge on any atom is -0.307 e. The van der Waals surface area contributed by atoms with Crippen LogP contribution in [-0.4, -0.2) is 30.1 Å². The zero-order valence-electron chi connectivity index (χ0n) is 9.63. The number of nitrogens with one attached hydrogen (secondary N) is 1. The summed E-state index contributed by atoms with van der Waals surface area (Å²) in [6.45, 7) is 2.01. The van der Waals surface area contributed by atoms with E-state index in [9.17, 15) is 8.42 Å². The molecule has 0 bridgehead atoms. The Morgan fingerprint density at radius 1 is 1.41 bits per heavy atom. The number of hydrogen-bond donors (Lipinski definition) is 1. The van der Waals surface area contributed by atoms with Gasteiger partial charge in [-0.2, -0.15) is 0 Å². The molecule has 5 nitrogen and oxygen atoms in total. The van der Waals surface area contributed by atoms with Gasteiger partial charge in [0.2, 0.25) is 10.0 Å².